The highest BCUT2D eigenvalue weighted by atomic mass is 35.5. The Morgan fingerprint density at radius 3 is 2.73 bits per heavy atom. The van der Waals surface area contributed by atoms with Crippen LogP contribution in [-0.4, -0.2) is 37.5 Å². The van der Waals surface area contributed by atoms with Gasteiger partial charge in [-0.15, -0.1) is 23.1 Å². The van der Waals surface area contributed by atoms with Gasteiger partial charge in [0.05, 0.1) is 10.0 Å². The van der Waals surface area contributed by atoms with Crippen LogP contribution in [0.2, 0.25) is 4.34 Å². The molecule has 1 aliphatic heterocycles. The molecule has 3 rings (SSSR count). The number of rotatable bonds is 5. The number of carbonyl (C=O) groups is 1. The second-order valence-electron chi connectivity index (χ2n) is 5.88. The molecule has 140 valence electrons. The molecule has 9 heteroatoms. The third kappa shape index (κ3) is 4.09. The third-order valence-corrected chi connectivity index (χ3v) is 8.64. The second kappa shape index (κ2) is 8.31. The Morgan fingerprint density at radius 2 is 2.04 bits per heavy atom. The number of thiophene rings is 1. The van der Waals surface area contributed by atoms with Crippen LogP contribution in [-0.2, 0) is 14.8 Å². The number of halogens is 1. The first-order chi connectivity index (χ1) is 12.4. The first kappa shape index (κ1) is 19.7. The number of sulfonamides is 1. The quantitative estimate of drug-likeness (QED) is 0.718. The van der Waals surface area contributed by atoms with Crippen molar-refractivity contribution < 1.29 is 13.2 Å². The van der Waals surface area contributed by atoms with Crippen molar-refractivity contribution in [3.05, 3.63) is 40.7 Å². The van der Waals surface area contributed by atoms with Crippen molar-refractivity contribution in [3.8, 4) is 0 Å². The average Bonchev–Trinajstić information content (AvgIpc) is 3.09. The molecule has 0 saturated carbocycles. The molecule has 1 amide bonds. The van der Waals surface area contributed by atoms with Gasteiger partial charge in [-0.2, -0.15) is 4.31 Å². The van der Waals surface area contributed by atoms with Gasteiger partial charge in [-0.3, -0.25) is 4.79 Å². The maximum atomic E-state index is 13.0. The lowest BCUT2D eigenvalue weighted by atomic mass is 10.0. The fourth-order valence-corrected chi connectivity index (χ4v) is 6.79. The summed E-state index contributed by atoms with van der Waals surface area (Å²) in [4.78, 5) is 13.8. The van der Waals surface area contributed by atoms with Crippen LogP contribution in [0.5, 0.6) is 0 Å². The normalized spacial score (nSPS) is 18.6. The molecule has 1 aromatic carbocycles. The van der Waals surface area contributed by atoms with E-state index in [1.807, 2.05) is 30.5 Å². The van der Waals surface area contributed by atoms with Gasteiger partial charge in [0, 0.05) is 11.4 Å². The average molecular weight is 431 g/mol. The van der Waals surface area contributed by atoms with Crippen LogP contribution >= 0.6 is 34.7 Å². The molecule has 5 nitrogen and oxygen atoms in total. The molecule has 1 fully saturated rings. The number of nitrogens with zero attached hydrogens (tertiary/aromatic N) is 1. The number of nitrogens with one attached hydrogen (secondary N) is 1. The summed E-state index contributed by atoms with van der Waals surface area (Å²) in [6.45, 7) is 0.333. The Balaban J connectivity index is 1.86. The third-order valence-electron chi connectivity index (χ3n) is 4.23. The zero-order valence-electron chi connectivity index (χ0n) is 14.1. The summed E-state index contributed by atoms with van der Waals surface area (Å²) in [5.74, 6) is -0.294. The van der Waals surface area contributed by atoms with Crippen LogP contribution in [0, 0.1) is 0 Å². The summed E-state index contributed by atoms with van der Waals surface area (Å²) in [5.41, 5.74) is 0.701. The SMILES string of the molecule is CSc1ccccc1NC(=O)C1CCCCN1S(=O)(=O)c1ccc(Cl)s1. The Hall–Kier alpha value is -1.06. The summed E-state index contributed by atoms with van der Waals surface area (Å²) in [6.07, 6.45) is 4.00. The Kier molecular flexibility index (Phi) is 6.29. The fourth-order valence-electron chi connectivity index (χ4n) is 2.97. The molecule has 1 atom stereocenters. The van der Waals surface area contributed by atoms with E-state index in [1.165, 1.54) is 22.1 Å². The largest absolute Gasteiger partial charge is 0.324 e. The highest BCUT2D eigenvalue weighted by Crippen LogP contribution is 2.32. The van der Waals surface area contributed by atoms with E-state index in [1.54, 1.807) is 6.07 Å². The monoisotopic (exact) mass is 430 g/mol. The van der Waals surface area contributed by atoms with Crippen LogP contribution in [0.3, 0.4) is 0 Å². The molecule has 26 heavy (non-hydrogen) atoms. The minimum absolute atomic E-state index is 0.173. The minimum atomic E-state index is -3.74. The summed E-state index contributed by atoms with van der Waals surface area (Å²) >= 11 is 8.44. The van der Waals surface area contributed by atoms with Gasteiger partial charge in [-0.05, 0) is 43.4 Å². The van der Waals surface area contributed by atoms with E-state index < -0.39 is 16.1 Å². The smallest absolute Gasteiger partial charge is 0.253 e. The zero-order valence-corrected chi connectivity index (χ0v) is 17.3. The van der Waals surface area contributed by atoms with Crippen molar-refractivity contribution in [2.75, 3.05) is 18.1 Å². The molecule has 1 aliphatic rings. The van der Waals surface area contributed by atoms with Gasteiger partial charge >= 0.3 is 0 Å². The van der Waals surface area contributed by atoms with Gasteiger partial charge in [0.1, 0.15) is 10.3 Å². The number of anilines is 1. The van der Waals surface area contributed by atoms with Gasteiger partial charge in [0.2, 0.25) is 5.91 Å². The number of benzene rings is 1. The minimum Gasteiger partial charge on any atom is -0.324 e. The van der Waals surface area contributed by atoms with E-state index >= 15 is 0 Å². The van der Waals surface area contributed by atoms with Gasteiger partial charge in [0.25, 0.3) is 10.0 Å². The van der Waals surface area contributed by atoms with Crippen molar-refractivity contribution in [3.63, 3.8) is 0 Å². The van der Waals surface area contributed by atoms with Gasteiger partial charge < -0.3 is 5.32 Å². The Morgan fingerprint density at radius 1 is 1.27 bits per heavy atom. The van der Waals surface area contributed by atoms with Crippen molar-refractivity contribution in [1.82, 2.24) is 4.31 Å². The highest BCUT2D eigenvalue weighted by Gasteiger charge is 2.38. The van der Waals surface area contributed by atoms with Gasteiger partial charge in [-0.1, -0.05) is 30.2 Å². The van der Waals surface area contributed by atoms with E-state index in [9.17, 15) is 13.2 Å². The number of carbonyl (C=O) groups excluding carboxylic acids is 1. The first-order valence-corrected chi connectivity index (χ1v) is 12.0. The maximum absolute atomic E-state index is 13.0. The number of amides is 1. The van der Waals surface area contributed by atoms with E-state index in [0.29, 0.717) is 23.0 Å². The molecule has 0 aliphatic carbocycles. The van der Waals surface area contributed by atoms with E-state index in [4.69, 9.17) is 11.6 Å². The summed E-state index contributed by atoms with van der Waals surface area (Å²) < 4.78 is 27.9. The van der Waals surface area contributed by atoms with Crippen LogP contribution in [0.15, 0.2) is 45.5 Å². The Bertz CT molecular complexity index is 898. The molecule has 0 bridgehead atoms. The molecule has 0 spiro atoms. The molecule has 2 heterocycles. The van der Waals surface area contributed by atoms with Gasteiger partial charge in [0.15, 0.2) is 0 Å². The second-order valence-corrected chi connectivity index (χ2v) is 10.6. The standard InChI is InChI=1S/C17H19ClN2O3S3/c1-24-14-8-3-2-6-12(14)19-17(21)13-7-4-5-11-20(13)26(22,23)16-10-9-15(18)25-16/h2-3,6,8-10,13H,4-5,7,11H2,1H3,(H,19,21). The number of para-hydroxylation sites is 1. The van der Waals surface area contributed by atoms with Crippen molar-refractivity contribution in [2.24, 2.45) is 0 Å². The van der Waals surface area contributed by atoms with E-state index in [0.717, 1.165) is 29.1 Å². The number of thioether (sulfide) groups is 1. The molecule has 2 aromatic rings. The molecule has 1 saturated heterocycles. The predicted molar refractivity (Wildman–Crippen MR) is 108 cm³/mol. The summed E-state index contributed by atoms with van der Waals surface area (Å²) in [7, 11) is -3.74. The highest BCUT2D eigenvalue weighted by molar-refractivity contribution is 7.98. The molecular weight excluding hydrogens is 412 g/mol. The van der Waals surface area contributed by atoms with Crippen molar-refractivity contribution >= 4 is 56.3 Å². The predicted octanol–water partition coefficient (Wildman–Crippen LogP) is 4.31. The van der Waals surface area contributed by atoms with E-state index in [-0.39, 0.29) is 10.1 Å². The van der Waals surface area contributed by atoms with Crippen LogP contribution < -0.4 is 5.32 Å². The molecular formula is C17H19ClN2O3S3. The van der Waals surface area contributed by atoms with E-state index in [2.05, 4.69) is 5.32 Å². The summed E-state index contributed by atoms with van der Waals surface area (Å²) in [5, 5.41) is 2.90. The molecule has 1 N–H and O–H groups in total. The lowest BCUT2D eigenvalue weighted by molar-refractivity contribution is -0.120. The Labute approximate surface area is 166 Å². The number of hydrogen-bond acceptors (Lipinski definition) is 5. The van der Waals surface area contributed by atoms with Crippen LogP contribution in [0.1, 0.15) is 19.3 Å². The lowest BCUT2D eigenvalue weighted by Gasteiger charge is -2.33. The molecule has 1 aromatic heterocycles. The van der Waals surface area contributed by atoms with Crippen molar-refractivity contribution in [2.45, 2.75) is 34.4 Å². The molecule has 0 radical (unpaired) electrons. The van der Waals surface area contributed by atoms with Gasteiger partial charge in [-0.25, -0.2) is 8.42 Å². The topological polar surface area (TPSA) is 66.5 Å². The lowest BCUT2D eigenvalue weighted by Crippen LogP contribution is -2.49. The first-order valence-electron chi connectivity index (χ1n) is 8.14. The fraction of sp³-hybridized carbons (Fsp3) is 0.353. The summed E-state index contributed by atoms with van der Waals surface area (Å²) in [6, 6.07) is 9.83. The van der Waals surface area contributed by atoms with Crippen molar-refractivity contribution in [1.29, 1.82) is 0 Å². The number of hydrogen-bond donors (Lipinski definition) is 1. The maximum Gasteiger partial charge on any atom is 0.253 e. The van der Waals surface area contributed by atoms with Crippen LogP contribution in [0.25, 0.3) is 0 Å². The molecule has 1 unspecified atom stereocenters. The number of piperidine rings is 1. The zero-order chi connectivity index (χ0) is 18.7. The van der Waals surface area contributed by atoms with Crippen LogP contribution in [0.4, 0.5) is 5.69 Å².